The fourth-order valence-corrected chi connectivity index (χ4v) is 2.91. The van der Waals surface area contributed by atoms with Gasteiger partial charge in [0.25, 0.3) is 0 Å². The number of halogens is 4. The van der Waals surface area contributed by atoms with Crippen LogP contribution in [0, 0.1) is 6.92 Å². The van der Waals surface area contributed by atoms with Gasteiger partial charge in [-0.3, -0.25) is 9.67 Å². The Bertz CT molecular complexity index is 698. The van der Waals surface area contributed by atoms with E-state index < -0.39 is 11.9 Å². The van der Waals surface area contributed by atoms with Crippen molar-refractivity contribution >= 4 is 41.3 Å². The average molecular weight is 502 g/mol. The number of hydrogen-bond acceptors (Lipinski definition) is 4. The highest BCUT2D eigenvalue weighted by atomic mass is 127. The van der Waals surface area contributed by atoms with Gasteiger partial charge < -0.3 is 10.6 Å². The van der Waals surface area contributed by atoms with Crippen molar-refractivity contribution in [3.63, 3.8) is 0 Å². The number of alkyl halides is 3. The Morgan fingerprint density at radius 2 is 2.04 bits per heavy atom. The van der Waals surface area contributed by atoms with Crippen LogP contribution in [0.2, 0.25) is 0 Å². The van der Waals surface area contributed by atoms with E-state index in [0.717, 1.165) is 35.2 Å². The zero-order valence-corrected chi connectivity index (χ0v) is 17.7. The van der Waals surface area contributed by atoms with E-state index in [1.165, 1.54) is 0 Å². The molecule has 0 fully saturated rings. The minimum atomic E-state index is -4.38. The fourth-order valence-electron chi connectivity index (χ4n) is 2.10. The van der Waals surface area contributed by atoms with E-state index in [-0.39, 0.29) is 24.0 Å². The number of hydrogen-bond donors (Lipinski definition) is 2. The van der Waals surface area contributed by atoms with E-state index in [2.05, 4.69) is 25.7 Å². The number of aliphatic imine (C=N–C) groups is 1. The van der Waals surface area contributed by atoms with Gasteiger partial charge in [0.15, 0.2) is 11.7 Å². The maximum absolute atomic E-state index is 12.5. The van der Waals surface area contributed by atoms with Crippen molar-refractivity contribution in [2.24, 2.45) is 4.99 Å². The molecule has 26 heavy (non-hydrogen) atoms. The van der Waals surface area contributed by atoms with Crippen LogP contribution in [0.5, 0.6) is 0 Å². The molecule has 0 radical (unpaired) electrons. The highest BCUT2D eigenvalue weighted by molar-refractivity contribution is 14.0. The molecule has 0 bridgehead atoms. The third-order valence-electron chi connectivity index (χ3n) is 3.32. The van der Waals surface area contributed by atoms with Crippen LogP contribution in [0.3, 0.4) is 0 Å². The van der Waals surface area contributed by atoms with E-state index in [1.54, 1.807) is 7.05 Å². The summed E-state index contributed by atoms with van der Waals surface area (Å²) in [7, 11) is 1.65. The molecule has 0 unspecified atom stereocenters. The molecule has 2 heterocycles. The maximum Gasteiger partial charge on any atom is 0.434 e. The van der Waals surface area contributed by atoms with Crippen molar-refractivity contribution in [3.8, 4) is 0 Å². The van der Waals surface area contributed by atoms with E-state index in [1.807, 2.05) is 24.0 Å². The largest absolute Gasteiger partial charge is 0.434 e. The first kappa shape index (κ1) is 22.7. The predicted octanol–water partition coefficient (Wildman–Crippen LogP) is 3.08. The second-order valence-corrected chi connectivity index (χ2v) is 6.38. The number of nitrogens with zero attached hydrogens (tertiary/aromatic N) is 4. The molecular formula is C15H22F3IN6S. The molecule has 0 aliphatic heterocycles. The smallest absolute Gasteiger partial charge is 0.356 e. The van der Waals surface area contributed by atoms with Gasteiger partial charge in [-0.2, -0.15) is 18.3 Å². The van der Waals surface area contributed by atoms with Gasteiger partial charge in [0, 0.05) is 44.7 Å². The van der Waals surface area contributed by atoms with Crippen LogP contribution in [0.1, 0.15) is 22.7 Å². The zero-order chi connectivity index (χ0) is 18.3. The molecule has 0 spiro atoms. The number of thiazole rings is 1. The monoisotopic (exact) mass is 502 g/mol. The van der Waals surface area contributed by atoms with Gasteiger partial charge in [-0.05, 0) is 18.9 Å². The number of rotatable bonds is 7. The summed E-state index contributed by atoms with van der Waals surface area (Å²) in [4.78, 5) is 7.69. The summed E-state index contributed by atoms with van der Waals surface area (Å²) in [5, 5.41) is 11.9. The quantitative estimate of drug-likeness (QED) is 0.265. The lowest BCUT2D eigenvalue weighted by Crippen LogP contribution is -2.39. The molecule has 0 atom stereocenters. The van der Waals surface area contributed by atoms with Gasteiger partial charge in [-0.1, -0.05) is 0 Å². The molecule has 0 aliphatic carbocycles. The molecule has 6 nitrogen and oxygen atoms in total. The summed E-state index contributed by atoms with van der Waals surface area (Å²) in [6, 6.07) is 0. The Hall–Kier alpha value is -1.37. The third kappa shape index (κ3) is 7.48. The second kappa shape index (κ2) is 10.7. The summed E-state index contributed by atoms with van der Waals surface area (Å²) >= 11 is 1.02. The molecule has 2 N–H and O–H groups in total. The van der Waals surface area contributed by atoms with Crippen molar-refractivity contribution in [3.05, 3.63) is 34.0 Å². The SMILES string of the molecule is CN=C(NCCCn1cc(C)cn1)NCCc1nc(C(F)(F)F)cs1.I. The number of guanidine groups is 1. The van der Waals surface area contributed by atoms with Crippen LogP contribution in [0.15, 0.2) is 22.8 Å². The van der Waals surface area contributed by atoms with Crippen molar-refractivity contribution in [1.29, 1.82) is 0 Å². The van der Waals surface area contributed by atoms with Gasteiger partial charge >= 0.3 is 6.18 Å². The first-order chi connectivity index (χ1) is 11.9. The Labute approximate surface area is 171 Å². The maximum atomic E-state index is 12.5. The van der Waals surface area contributed by atoms with Crippen LogP contribution >= 0.6 is 35.3 Å². The van der Waals surface area contributed by atoms with Gasteiger partial charge in [-0.25, -0.2) is 4.98 Å². The Kier molecular flexibility index (Phi) is 9.33. The van der Waals surface area contributed by atoms with Crippen molar-refractivity contribution in [2.45, 2.75) is 32.5 Å². The lowest BCUT2D eigenvalue weighted by molar-refractivity contribution is -0.140. The molecule has 2 rings (SSSR count). The van der Waals surface area contributed by atoms with Crippen molar-refractivity contribution in [2.75, 3.05) is 20.1 Å². The van der Waals surface area contributed by atoms with E-state index >= 15 is 0 Å². The predicted molar refractivity (Wildman–Crippen MR) is 107 cm³/mol. The zero-order valence-electron chi connectivity index (χ0n) is 14.5. The van der Waals surface area contributed by atoms with Crippen molar-refractivity contribution in [1.82, 2.24) is 25.4 Å². The summed E-state index contributed by atoms with van der Waals surface area (Å²) in [5.74, 6) is 0.615. The lowest BCUT2D eigenvalue weighted by Gasteiger charge is -2.11. The van der Waals surface area contributed by atoms with Crippen LogP contribution in [-0.2, 0) is 19.1 Å². The highest BCUT2D eigenvalue weighted by Crippen LogP contribution is 2.29. The molecule has 2 aromatic rings. The molecule has 0 saturated heterocycles. The first-order valence-corrected chi connectivity index (χ1v) is 8.71. The molecule has 0 amide bonds. The van der Waals surface area contributed by atoms with Crippen LogP contribution in [-0.4, -0.2) is 40.9 Å². The van der Waals surface area contributed by atoms with Gasteiger partial charge in [0.1, 0.15) is 0 Å². The van der Waals surface area contributed by atoms with Crippen molar-refractivity contribution < 1.29 is 13.2 Å². The van der Waals surface area contributed by atoms with Gasteiger partial charge in [-0.15, -0.1) is 35.3 Å². The molecule has 146 valence electrons. The fraction of sp³-hybridized carbons (Fsp3) is 0.533. The van der Waals surface area contributed by atoms with Gasteiger partial charge in [0.2, 0.25) is 0 Å². The average Bonchev–Trinajstić information content (AvgIpc) is 3.18. The number of aryl methyl sites for hydroxylation is 2. The van der Waals surface area contributed by atoms with Crippen LogP contribution in [0.25, 0.3) is 0 Å². The van der Waals surface area contributed by atoms with E-state index in [9.17, 15) is 13.2 Å². The molecule has 0 aliphatic rings. The van der Waals surface area contributed by atoms with Gasteiger partial charge in [0.05, 0.1) is 11.2 Å². The third-order valence-corrected chi connectivity index (χ3v) is 4.22. The Morgan fingerprint density at radius 3 is 2.62 bits per heavy atom. The molecule has 2 aromatic heterocycles. The first-order valence-electron chi connectivity index (χ1n) is 7.83. The van der Waals surface area contributed by atoms with Crippen LogP contribution < -0.4 is 10.6 Å². The standard InChI is InChI=1S/C15H21F3N6S.HI/c1-11-8-22-24(9-11)7-3-5-20-14(19-2)21-6-4-13-23-12(10-25-13)15(16,17)18;/h8-10H,3-7H2,1-2H3,(H2,19,20,21);1H. The lowest BCUT2D eigenvalue weighted by atomic mass is 10.4. The Balaban J connectivity index is 0.00000338. The minimum Gasteiger partial charge on any atom is -0.356 e. The summed E-state index contributed by atoms with van der Waals surface area (Å²) < 4.78 is 39.4. The number of aromatic nitrogens is 3. The summed E-state index contributed by atoms with van der Waals surface area (Å²) in [6.45, 7) is 3.97. The Morgan fingerprint density at radius 1 is 1.31 bits per heavy atom. The molecular weight excluding hydrogens is 480 g/mol. The van der Waals surface area contributed by atoms with E-state index in [0.29, 0.717) is 30.5 Å². The minimum absolute atomic E-state index is 0. The molecule has 0 aromatic carbocycles. The molecule has 0 saturated carbocycles. The molecule has 11 heteroatoms. The van der Waals surface area contributed by atoms with Crippen LogP contribution in [0.4, 0.5) is 13.2 Å². The number of nitrogens with one attached hydrogen (secondary N) is 2. The normalized spacial score (nSPS) is 12.0. The summed E-state index contributed by atoms with van der Waals surface area (Å²) in [6.07, 6.45) is 0.706. The summed E-state index contributed by atoms with van der Waals surface area (Å²) in [5.41, 5.74) is 0.296. The second-order valence-electron chi connectivity index (χ2n) is 5.43. The highest BCUT2D eigenvalue weighted by Gasteiger charge is 2.33. The topological polar surface area (TPSA) is 67.1 Å². The van der Waals surface area contributed by atoms with E-state index in [4.69, 9.17) is 0 Å².